The van der Waals surface area contributed by atoms with Gasteiger partial charge >= 0.3 is 0 Å². The first kappa shape index (κ1) is 13.6. The molecule has 0 radical (unpaired) electrons. The molecule has 1 aromatic carbocycles. The number of rotatable bonds is 7. The SMILES string of the molecule is CCCn1nccc1C(COc1ccccc1)NC. The molecule has 0 aliphatic heterocycles. The van der Waals surface area contributed by atoms with E-state index in [0.29, 0.717) is 6.61 Å². The molecule has 1 atom stereocenters. The molecule has 1 unspecified atom stereocenters. The molecule has 0 amide bonds. The third kappa shape index (κ3) is 3.58. The van der Waals surface area contributed by atoms with E-state index in [4.69, 9.17) is 4.74 Å². The Kier molecular flexibility index (Phi) is 4.98. The van der Waals surface area contributed by atoms with E-state index in [1.54, 1.807) is 0 Å². The van der Waals surface area contributed by atoms with Gasteiger partial charge in [0.1, 0.15) is 12.4 Å². The molecule has 19 heavy (non-hydrogen) atoms. The molecule has 1 aromatic heterocycles. The molecule has 0 spiro atoms. The summed E-state index contributed by atoms with van der Waals surface area (Å²) in [5, 5.41) is 7.64. The van der Waals surface area contributed by atoms with E-state index in [1.165, 1.54) is 5.69 Å². The molecule has 0 bridgehead atoms. The molecule has 0 aliphatic carbocycles. The summed E-state index contributed by atoms with van der Waals surface area (Å²) in [4.78, 5) is 0. The summed E-state index contributed by atoms with van der Waals surface area (Å²) in [5.41, 5.74) is 1.17. The van der Waals surface area contributed by atoms with Gasteiger partial charge in [-0.15, -0.1) is 0 Å². The number of hydrogen-bond donors (Lipinski definition) is 1. The Balaban J connectivity index is 2.01. The van der Waals surface area contributed by atoms with Crippen LogP contribution in [-0.4, -0.2) is 23.4 Å². The zero-order chi connectivity index (χ0) is 13.5. The molecular formula is C15H21N3O. The lowest BCUT2D eigenvalue weighted by Gasteiger charge is -2.18. The van der Waals surface area contributed by atoms with Gasteiger partial charge in [-0.2, -0.15) is 5.10 Å². The molecule has 1 heterocycles. The second kappa shape index (κ2) is 6.95. The Labute approximate surface area is 114 Å². The van der Waals surface area contributed by atoms with E-state index < -0.39 is 0 Å². The fraction of sp³-hybridized carbons (Fsp3) is 0.400. The van der Waals surface area contributed by atoms with Crippen LogP contribution in [0.5, 0.6) is 5.75 Å². The zero-order valence-corrected chi connectivity index (χ0v) is 11.5. The molecule has 2 rings (SSSR count). The number of aromatic nitrogens is 2. The third-order valence-corrected chi connectivity index (χ3v) is 3.05. The van der Waals surface area contributed by atoms with Crippen molar-refractivity contribution in [2.75, 3.05) is 13.7 Å². The highest BCUT2D eigenvalue weighted by Crippen LogP contribution is 2.16. The maximum absolute atomic E-state index is 5.81. The van der Waals surface area contributed by atoms with Crippen LogP contribution in [0.1, 0.15) is 25.1 Å². The molecular weight excluding hydrogens is 238 g/mol. The molecule has 0 saturated heterocycles. The van der Waals surface area contributed by atoms with Gasteiger partial charge in [0.2, 0.25) is 0 Å². The molecule has 0 aliphatic rings. The fourth-order valence-corrected chi connectivity index (χ4v) is 2.05. The Morgan fingerprint density at radius 1 is 1.26 bits per heavy atom. The lowest BCUT2D eigenvalue weighted by Crippen LogP contribution is -2.26. The number of benzene rings is 1. The minimum atomic E-state index is 0.147. The first-order chi connectivity index (χ1) is 9.35. The van der Waals surface area contributed by atoms with E-state index in [9.17, 15) is 0 Å². The number of likely N-dealkylation sites (N-methyl/N-ethyl adjacent to an activating group) is 1. The number of aryl methyl sites for hydroxylation is 1. The van der Waals surface area contributed by atoms with Crippen molar-refractivity contribution in [2.45, 2.75) is 25.9 Å². The lowest BCUT2D eigenvalue weighted by molar-refractivity contribution is 0.265. The first-order valence-corrected chi connectivity index (χ1v) is 6.72. The number of para-hydroxylation sites is 1. The van der Waals surface area contributed by atoms with Gasteiger partial charge in [-0.05, 0) is 31.7 Å². The van der Waals surface area contributed by atoms with Gasteiger partial charge in [-0.25, -0.2) is 0 Å². The van der Waals surface area contributed by atoms with E-state index in [1.807, 2.05) is 54.3 Å². The minimum absolute atomic E-state index is 0.147. The predicted molar refractivity (Wildman–Crippen MR) is 76.3 cm³/mol. The topological polar surface area (TPSA) is 39.1 Å². The highest BCUT2D eigenvalue weighted by Gasteiger charge is 2.14. The van der Waals surface area contributed by atoms with Crippen molar-refractivity contribution >= 4 is 0 Å². The number of nitrogens with one attached hydrogen (secondary N) is 1. The Bertz CT molecular complexity index is 481. The van der Waals surface area contributed by atoms with Crippen LogP contribution in [0.4, 0.5) is 0 Å². The first-order valence-electron chi connectivity index (χ1n) is 6.72. The maximum Gasteiger partial charge on any atom is 0.119 e. The molecule has 1 N–H and O–H groups in total. The zero-order valence-electron chi connectivity index (χ0n) is 11.5. The Hall–Kier alpha value is -1.81. The summed E-state index contributed by atoms with van der Waals surface area (Å²) in [5.74, 6) is 0.893. The van der Waals surface area contributed by atoms with E-state index in [-0.39, 0.29) is 6.04 Å². The van der Waals surface area contributed by atoms with Crippen LogP contribution < -0.4 is 10.1 Å². The smallest absolute Gasteiger partial charge is 0.119 e. The molecule has 0 saturated carbocycles. The lowest BCUT2D eigenvalue weighted by atomic mass is 10.2. The predicted octanol–water partition coefficient (Wildman–Crippen LogP) is 2.63. The Morgan fingerprint density at radius 3 is 2.74 bits per heavy atom. The van der Waals surface area contributed by atoms with Crippen LogP contribution >= 0.6 is 0 Å². The van der Waals surface area contributed by atoms with Gasteiger partial charge < -0.3 is 10.1 Å². The van der Waals surface area contributed by atoms with E-state index in [0.717, 1.165) is 18.7 Å². The van der Waals surface area contributed by atoms with E-state index in [2.05, 4.69) is 17.3 Å². The number of hydrogen-bond acceptors (Lipinski definition) is 3. The maximum atomic E-state index is 5.81. The summed E-state index contributed by atoms with van der Waals surface area (Å²) in [6.45, 7) is 3.68. The van der Waals surface area contributed by atoms with Gasteiger partial charge in [-0.3, -0.25) is 4.68 Å². The molecule has 2 aromatic rings. The van der Waals surface area contributed by atoms with Crippen LogP contribution in [0, 0.1) is 0 Å². The normalized spacial score (nSPS) is 12.3. The average Bonchev–Trinajstić information content (AvgIpc) is 2.90. The van der Waals surface area contributed by atoms with Crippen LogP contribution in [0.3, 0.4) is 0 Å². The summed E-state index contributed by atoms with van der Waals surface area (Å²) < 4.78 is 7.85. The van der Waals surface area contributed by atoms with Gasteiger partial charge in [-0.1, -0.05) is 25.1 Å². The fourth-order valence-electron chi connectivity index (χ4n) is 2.05. The van der Waals surface area contributed by atoms with Crippen molar-refractivity contribution in [1.29, 1.82) is 0 Å². The van der Waals surface area contributed by atoms with E-state index >= 15 is 0 Å². The van der Waals surface area contributed by atoms with Crippen LogP contribution in [0.25, 0.3) is 0 Å². The molecule has 0 fully saturated rings. The molecule has 4 nitrogen and oxygen atoms in total. The van der Waals surface area contributed by atoms with Gasteiger partial charge in [0.15, 0.2) is 0 Å². The van der Waals surface area contributed by atoms with Gasteiger partial charge in [0, 0.05) is 12.7 Å². The van der Waals surface area contributed by atoms with Crippen LogP contribution in [0.2, 0.25) is 0 Å². The monoisotopic (exact) mass is 259 g/mol. The highest BCUT2D eigenvalue weighted by atomic mass is 16.5. The second-order valence-electron chi connectivity index (χ2n) is 4.44. The van der Waals surface area contributed by atoms with Crippen molar-refractivity contribution < 1.29 is 4.74 Å². The number of nitrogens with zero attached hydrogens (tertiary/aromatic N) is 2. The quantitative estimate of drug-likeness (QED) is 0.831. The largest absolute Gasteiger partial charge is 0.492 e. The Morgan fingerprint density at radius 2 is 2.05 bits per heavy atom. The van der Waals surface area contributed by atoms with Crippen LogP contribution in [0.15, 0.2) is 42.6 Å². The van der Waals surface area contributed by atoms with Gasteiger partial charge in [0.05, 0.1) is 11.7 Å². The standard InChI is InChI=1S/C15H21N3O/c1-3-11-18-15(9-10-17-18)14(16-2)12-19-13-7-5-4-6-8-13/h4-10,14,16H,3,11-12H2,1-2H3. The molecule has 4 heteroatoms. The summed E-state index contributed by atoms with van der Waals surface area (Å²) in [6.07, 6.45) is 2.92. The third-order valence-electron chi connectivity index (χ3n) is 3.05. The summed E-state index contributed by atoms with van der Waals surface area (Å²) in [7, 11) is 1.95. The van der Waals surface area contributed by atoms with Crippen molar-refractivity contribution in [1.82, 2.24) is 15.1 Å². The summed E-state index contributed by atoms with van der Waals surface area (Å²) in [6, 6.07) is 12.1. The number of ether oxygens (including phenoxy) is 1. The van der Waals surface area contributed by atoms with Gasteiger partial charge in [0.25, 0.3) is 0 Å². The minimum Gasteiger partial charge on any atom is -0.492 e. The average molecular weight is 259 g/mol. The molecule has 102 valence electrons. The van der Waals surface area contributed by atoms with Crippen molar-refractivity contribution in [3.05, 3.63) is 48.3 Å². The van der Waals surface area contributed by atoms with Crippen molar-refractivity contribution in [3.63, 3.8) is 0 Å². The van der Waals surface area contributed by atoms with Crippen molar-refractivity contribution in [2.24, 2.45) is 0 Å². The van der Waals surface area contributed by atoms with Crippen LogP contribution in [-0.2, 0) is 6.54 Å². The highest BCUT2D eigenvalue weighted by molar-refractivity contribution is 5.21. The second-order valence-corrected chi connectivity index (χ2v) is 4.44. The summed E-state index contributed by atoms with van der Waals surface area (Å²) >= 11 is 0. The van der Waals surface area contributed by atoms with Crippen molar-refractivity contribution in [3.8, 4) is 5.75 Å².